The molecule has 0 spiro atoms. The van der Waals surface area contributed by atoms with Gasteiger partial charge in [0.05, 0.1) is 5.02 Å². The molecule has 6 heteroatoms. The molecule has 0 radical (unpaired) electrons. The first-order chi connectivity index (χ1) is 9.08. The highest BCUT2D eigenvalue weighted by Gasteiger charge is 2.17. The van der Waals surface area contributed by atoms with Crippen molar-refractivity contribution in [2.75, 3.05) is 13.6 Å². The van der Waals surface area contributed by atoms with Gasteiger partial charge < -0.3 is 4.90 Å². The summed E-state index contributed by atoms with van der Waals surface area (Å²) in [5, 5.41) is 2.60. The molecular formula is C13H12Cl2N2OS. The van der Waals surface area contributed by atoms with Crippen LogP contribution in [-0.4, -0.2) is 29.4 Å². The van der Waals surface area contributed by atoms with E-state index in [1.165, 1.54) is 4.88 Å². The van der Waals surface area contributed by atoms with Gasteiger partial charge in [-0.3, -0.25) is 4.79 Å². The topological polar surface area (TPSA) is 33.2 Å². The first-order valence-electron chi connectivity index (χ1n) is 5.68. The molecule has 0 bridgehead atoms. The van der Waals surface area contributed by atoms with Crippen LogP contribution in [0.2, 0.25) is 10.2 Å². The SMILES string of the molecule is CN(CCc1cccs1)C(=O)c1nc(Cl)ccc1Cl. The molecule has 0 N–H and O–H groups in total. The average Bonchev–Trinajstić information content (AvgIpc) is 2.91. The van der Waals surface area contributed by atoms with E-state index in [1.807, 2.05) is 17.5 Å². The number of aromatic nitrogens is 1. The van der Waals surface area contributed by atoms with Crippen LogP contribution in [0.15, 0.2) is 29.6 Å². The van der Waals surface area contributed by atoms with E-state index in [9.17, 15) is 4.79 Å². The molecule has 1 amide bonds. The minimum atomic E-state index is -0.218. The summed E-state index contributed by atoms with van der Waals surface area (Å²) in [4.78, 5) is 19.0. The summed E-state index contributed by atoms with van der Waals surface area (Å²) in [5.74, 6) is -0.218. The zero-order valence-electron chi connectivity index (χ0n) is 10.3. The van der Waals surface area contributed by atoms with Crippen molar-refractivity contribution >= 4 is 40.4 Å². The number of carbonyl (C=O) groups is 1. The molecule has 2 aromatic heterocycles. The molecule has 0 aliphatic rings. The summed E-state index contributed by atoms with van der Waals surface area (Å²) in [5.41, 5.74) is 0.197. The van der Waals surface area contributed by atoms with Crippen molar-refractivity contribution in [2.24, 2.45) is 0 Å². The minimum Gasteiger partial charge on any atom is -0.340 e. The van der Waals surface area contributed by atoms with Crippen molar-refractivity contribution in [3.8, 4) is 0 Å². The quantitative estimate of drug-likeness (QED) is 0.805. The van der Waals surface area contributed by atoms with E-state index in [0.29, 0.717) is 11.6 Å². The van der Waals surface area contributed by atoms with Crippen LogP contribution in [0.25, 0.3) is 0 Å². The molecule has 0 atom stereocenters. The molecule has 0 fully saturated rings. The van der Waals surface area contributed by atoms with Crippen molar-refractivity contribution in [1.29, 1.82) is 0 Å². The fraction of sp³-hybridized carbons (Fsp3) is 0.231. The van der Waals surface area contributed by atoms with Crippen molar-refractivity contribution < 1.29 is 4.79 Å². The molecule has 0 unspecified atom stereocenters. The number of carbonyl (C=O) groups excluding carboxylic acids is 1. The van der Waals surface area contributed by atoms with Gasteiger partial charge in [0.2, 0.25) is 0 Å². The second-order valence-corrected chi connectivity index (χ2v) is 5.85. The zero-order valence-corrected chi connectivity index (χ0v) is 12.6. The smallest absolute Gasteiger partial charge is 0.273 e. The zero-order chi connectivity index (χ0) is 13.8. The normalized spacial score (nSPS) is 10.5. The van der Waals surface area contributed by atoms with E-state index in [-0.39, 0.29) is 16.8 Å². The predicted octanol–water partition coefficient (Wildman–Crippen LogP) is 3.76. The number of hydrogen-bond donors (Lipinski definition) is 0. The summed E-state index contributed by atoms with van der Waals surface area (Å²) < 4.78 is 0. The number of nitrogens with zero attached hydrogens (tertiary/aromatic N) is 2. The second kappa shape index (κ2) is 6.37. The molecule has 0 saturated carbocycles. The summed E-state index contributed by atoms with van der Waals surface area (Å²) in [6.07, 6.45) is 0.818. The molecule has 0 saturated heterocycles. The second-order valence-electron chi connectivity index (χ2n) is 4.02. The number of hydrogen-bond acceptors (Lipinski definition) is 3. The number of amides is 1. The molecular weight excluding hydrogens is 303 g/mol. The lowest BCUT2D eigenvalue weighted by Gasteiger charge is -2.16. The molecule has 3 nitrogen and oxygen atoms in total. The van der Waals surface area contributed by atoms with E-state index < -0.39 is 0 Å². The van der Waals surface area contributed by atoms with Crippen LogP contribution in [0, 0.1) is 0 Å². The van der Waals surface area contributed by atoms with Crippen LogP contribution in [0.3, 0.4) is 0 Å². The van der Waals surface area contributed by atoms with Crippen molar-refractivity contribution in [3.63, 3.8) is 0 Å². The molecule has 19 heavy (non-hydrogen) atoms. The lowest BCUT2D eigenvalue weighted by atomic mass is 10.3. The molecule has 0 aliphatic heterocycles. The lowest BCUT2D eigenvalue weighted by molar-refractivity contribution is 0.0791. The number of thiophene rings is 1. The fourth-order valence-electron chi connectivity index (χ4n) is 1.58. The third-order valence-corrected chi connectivity index (χ3v) is 4.09. The number of rotatable bonds is 4. The maximum absolute atomic E-state index is 12.2. The van der Waals surface area contributed by atoms with Gasteiger partial charge in [-0.05, 0) is 30.0 Å². The van der Waals surface area contributed by atoms with Gasteiger partial charge in [0.25, 0.3) is 5.91 Å². The first-order valence-corrected chi connectivity index (χ1v) is 7.31. The van der Waals surface area contributed by atoms with Gasteiger partial charge in [-0.2, -0.15) is 0 Å². The van der Waals surface area contributed by atoms with Crippen LogP contribution >= 0.6 is 34.5 Å². The third kappa shape index (κ3) is 3.69. The number of pyridine rings is 1. The van der Waals surface area contributed by atoms with Crippen LogP contribution in [-0.2, 0) is 6.42 Å². The number of halogens is 2. The minimum absolute atomic E-state index is 0.197. The Balaban J connectivity index is 2.04. The van der Waals surface area contributed by atoms with Crippen LogP contribution in [0.1, 0.15) is 15.4 Å². The first kappa shape index (κ1) is 14.3. The summed E-state index contributed by atoms with van der Waals surface area (Å²) in [7, 11) is 1.73. The third-order valence-electron chi connectivity index (χ3n) is 2.64. The van der Waals surface area contributed by atoms with Gasteiger partial charge in [0.15, 0.2) is 0 Å². The standard InChI is InChI=1S/C13H12Cl2N2OS/c1-17(7-6-9-3-2-8-19-9)13(18)12-10(14)4-5-11(15)16-12/h2-5,8H,6-7H2,1H3. The Morgan fingerprint density at radius 3 is 2.84 bits per heavy atom. The molecule has 2 rings (SSSR count). The van der Waals surface area contributed by atoms with Gasteiger partial charge in [0.1, 0.15) is 10.8 Å². The summed E-state index contributed by atoms with van der Waals surface area (Å²) >= 11 is 13.4. The van der Waals surface area contributed by atoms with Crippen molar-refractivity contribution in [2.45, 2.75) is 6.42 Å². The van der Waals surface area contributed by atoms with Gasteiger partial charge in [-0.25, -0.2) is 4.98 Å². The summed E-state index contributed by atoms with van der Waals surface area (Å²) in [6.45, 7) is 0.615. The molecule has 2 heterocycles. The van der Waals surface area contributed by atoms with E-state index in [0.717, 1.165) is 6.42 Å². The fourth-order valence-corrected chi connectivity index (χ4v) is 2.62. The molecule has 0 aromatic carbocycles. The van der Waals surface area contributed by atoms with Gasteiger partial charge in [0, 0.05) is 18.5 Å². The van der Waals surface area contributed by atoms with E-state index in [2.05, 4.69) is 4.98 Å². The molecule has 2 aromatic rings. The van der Waals surface area contributed by atoms with E-state index in [4.69, 9.17) is 23.2 Å². The largest absolute Gasteiger partial charge is 0.340 e. The van der Waals surface area contributed by atoms with E-state index in [1.54, 1.807) is 35.4 Å². The lowest BCUT2D eigenvalue weighted by Crippen LogP contribution is -2.29. The van der Waals surface area contributed by atoms with Gasteiger partial charge >= 0.3 is 0 Å². The van der Waals surface area contributed by atoms with Crippen molar-refractivity contribution in [3.05, 3.63) is 50.4 Å². The van der Waals surface area contributed by atoms with Gasteiger partial charge in [-0.1, -0.05) is 29.3 Å². The highest BCUT2D eigenvalue weighted by Crippen LogP contribution is 2.18. The van der Waals surface area contributed by atoms with Crippen LogP contribution in [0.5, 0.6) is 0 Å². The Labute approximate surface area is 125 Å². The number of likely N-dealkylation sites (N-methyl/N-ethyl adjacent to an activating group) is 1. The maximum Gasteiger partial charge on any atom is 0.273 e. The average molecular weight is 315 g/mol. The summed E-state index contributed by atoms with van der Waals surface area (Å²) in [6, 6.07) is 7.19. The Kier molecular flexibility index (Phi) is 4.80. The van der Waals surface area contributed by atoms with Crippen LogP contribution < -0.4 is 0 Å². The molecule has 0 aliphatic carbocycles. The Morgan fingerprint density at radius 2 is 2.16 bits per heavy atom. The predicted molar refractivity (Wildman–Crippen MR) is 79.2 cm³/mol. The Bertz CT molecular complexity index is 572. The molecule has 100 valence electrons. The van der Waals surface area contributed by atoms with E-state index >= 15 is 0 Å². The maximum atomic E-state index is 12.2. The Morgan fingerprint density at radius 1 is 1.37 bits per heavy atom. The van der Waals surface area contributed by atoms with Crippen LogP contribution in [0.4, 0.5) is 0 Å². The highest BCUT2D eigenvalue weighted by atomic mass is 35.5. The van der Waals surface area contributed by atoms with Gasteiger partial charge in [-0.15, -0.1) is 11.3 Å². The monoisotopic (exact) mass is 314 g/mol. The highest BCUT2D eigenvalue weighted by molar-refractivity contribution is 7.09. The van der Waals surface area contributed by atoms with Crippen molar-refractivity contribution in [1.82, 2.24) is 9.88 Å². The Hall–Kier alpha value is -1.10.